The van der Waals surface area contributed by atoms with Gasteiger partial charge in [0.2, 0.25) is 0 Å². The van der Waals surface area contributed by atoms with Crippen LogP contribution in [0.5, 0.6) is 0 Å². The van der Waals surface area contributed by atoms with Crippen LogP contribution in [0.2, 0.25) is 0 Å². The SMILES string of the molecule is CC1(C)c2cc(-c3nc(-c4ccc(-c5ccccc5)cc4)nc(-c4cccc(-c5ccccc5)c4)n3)ccc2-c2c1ccc1ccccc21. The van der Waals surface area contributed by atoms with Gasteiger partial charge in [0.15, 0.2) is 17.5 Å². The van der Waals surface area contributed by atoms with Gasteiger partial charge in [-0.3, -0.25) is 0 Å². The highest BCUT2D eigenvalue weighted by Crippen LogP contribution is 2.52. The third-order valence-electron chi connectivity index (χ3n) is 9.94. The highest BCUT2D eigenvalue weighted by molar-refractivity contribution is 6.02. The van der Waals surface area contributed by atoms with Gasteiger partial charge in [-0.05, 0) is 67.4 Å². The Kier molecular flexibility index (Phi) is 6.80. The predicted octanol–water partition coefficient (Wildman–Crippen LogP) is 11.7. The van der Waals surface area contributed by atoms with Gasteiger partial charge in [-0.1, -0.05) is 166 Å². The highest BCUT2D eigenvalue weighted by atomic mass is 15.0. The average Bonchev–Trinajstić information content (AvgIpc) is 3.41. The summed E-state index contributed by atoms with van der Waals surface area (Å²) >= 11 is 0. The molecule has 0 spiro atoms. The largest absolute Gasteiger partial charge is 0.208 e. The maximum atomic E-state index is 5.15. The van der Waals surface area contributed by atoms with E-state index in [4.69, 9.17) is 15.0 Å². The molecule has 0 unspecified atom stereocenters. The molecule has 0 fully saturated rings. The molecule has 49 heavy (non-hydrogen) atoms. The van der Waals surface area contributed by atoms with Crippen LogP contribution in [0, 0.1) is 0 Å². The quantitative estimate of drug-likeness (QED) is 0.191. The molecule has 7 aromatic carbocycles. The first-order chi connectivity index (χ1) is 24.0. The summed E-state index contributed by atoms with van der Waals surface area (Å²) in [5.41, 5.74) is 12.6. The third kappa shape index (κ3) is 5.03. The van der Waals surface area contributed by atoms with E-state index in [1.165, 1.54) is 38.6 Å². The van der Waals surface area contributed by atoms with Gasteiger partial charge in [-0.15, -0.1) is 0 Å². The molecular weight excluding hydrogens is 595 g/mol. The van der Waals surface area contributed by atoms with E-state index in [0.29, 0.717) is 17.5 Å². The Morgan fingerprint density at radius 1 is 0.367 bits per heavy atom. The standard InChI is InChI=1S/C46H33N3/c1-46(2)40-27-25-33-16-9-10-19-38(33)42(40)39-26-24-37(29-41(39)46)45-48-43(34-22-20-32(21-23-34)30-12-5-3-6-13-30)47-44(49-45)36-18-11-17-35(28-36)31-14-7-4-8-15-31/h3-29H,1-2H3. The number of benzene rings is 7. The lowest BCUT2D eigenvalue weighted by atomic mass is 9.81. The van der Waals surface area contributed by atoms with Crippen molar-refractivity contribution in [1.29, 1.82) is 0 Å². The summed E-state index contributed by atoms with van der Waals surface area (Å²) < 4.78 is 0. The van der Waals surface area contributed by atoms with Crippen molar-refractivity contribution < 1.29 is 0 Å². The van der Waals surface area contributed by atoms with Crippen LogP contribution in [0.25, 0.3) is 78.3 Å². The maximum absolute atomic E-state index is 5.15. The van der Waals surface area contributed by atoms with E-state index in [1.54, 1.807) is 0 Å². The molecule has 0 saturated heterocycles. The van der Waals surface area contributed by atoms with Crippen LogP contribution in [0.15, 0.2) is 164 Å². The van der Waals surface area contributed by atoms with Gasteiger partial charge < -0.3 is 0 Å². The second-order valence-electron chi connectivity index (χ2n) is 13.3. The molecule has 0 bridgehead atoms. The molecule has 1 heterocycles. The first-order valence-electron chi connectivity index (χ1n) is 16.8. The zero-order valence-corrected chi connectivity index (χ0v) is 27.4. The lowest BCUT2D eigenvalue weighted by molar-refractivity contribution is 0.661. The van der Waals surface area contributed by atoms with Gasteiger partial charge in [-0.2, -0.15) is 0 Å². The van der Waals surface area contributed by atoms with Crippen LogP contribution in [0.1, 0.15) is 25.0 Å². The molecule has 9 rings (SSSR count). The monoisotopic (exact) mass is 627 g/mol. The topological polar surface area (TPSA) is 38.7 Å². The molecular formula is C46H33N3. The number of nitrogens with zero attached hydrogens (tertiary/aromatic N) is 3. The molecule has 1 aliphatic rings. The minimum atomic E-state index is -0.166. The van der Waals surface area contributed by atoms with Gasteiger partial charge >= 0.3 is 0 Å². The zero-order valence-electron chi connectivity index (χ0n) is 27.4. The van der Waals surface area contributed by atoms with Crippen molar-refractivity contribution in [2.75, 3.05) is 0 Å². The molecule has 232 valence electrons. The van der Waals surface area contributed by atoms with Crippen molar-refractivity contribution in [2.45, 2.75) is 19.3 Å². The first-order valence-corrected chi connectivity index (χ1v) is 16.8. The average molecular weight is 628 g/mol. The molecule has 0 atom stereocenters. The Hall–Kier alpha value is -6.19. The molecule has 1 aromatic heterocycles. The van der Waals surface area contributed by atoms with Crippen molar-refractivity contribution >= 4 is 10.8 Å². The van der Waals surface area contributed by atoms with Gasteiger partial charge in [0, 0.05) is 22.1 Å². The van der Waals surface area contributed by atoms with E-state index in [2.05, 4.69) is 166 Å². The summed E-state index contributed by atoms with van der Waals surface area (Å²) in [6, 6.07) is 57.8. The lowest BCUT2D eigenvalue weighted by Gasteiger charge is -2.22. The summed E-state index contributed by atoms with van der Waals surface area (Å²) in [7, 11) is 0. The fourth-order valence-corrected chi connectivity index (χ4v) is 7.32. The lowest BCUT2D eigenvalue weighted by Crippen LogP contribution is -2.15. The number of rotatable bonds is 5. The summed E-state index contributed by atoms with van der Waals surface area (Å²) in [6.07, 6.45) is 0. The van der Waals surface area contributed by atoms with Crippen LogP contribution >= 0.6 is 0 Å². The smallest absolute Gasteiger partial charge is 0.164 e. The van der Waals surface area contributed by atoms with Crippen molar-refractivity contribution in [3.8, 4) is 67.5 Å². The van der Waals surface area contributed by atoms with E-state index >= 15 is 0 Å². The first kappa shape index (κ1) is 29.0. The minimum absolute atomic E-state index is 0.166. The molecule has 0 amide bonds. The maximum Gasteiger partial charge on any atom is 0.164 e. The van der Waals surface area contributed by atoms with Gasteiger partial charge in [-0.25, -0.2) is 15.0 Å². The summed E-state index contributed by atoms with van der Waals surface area (Å²) in [6.45, 7) is 4.65. The summed E-state index contributed by atoms with van der Waals surface area (Å²) in [4.78, 5) is 15.4. The van der Waals surface area contributed by atoms with Crippen LogP contribution < -0.4 is 0 Å². The van der Waals surface area contributed by atoms with Crippen LogP contribution in [-0.2, 0) is 5.41 Å². The zero-order chi connectivity index (χ0) is 33.0. The molecule has 8 aromatic rings. The van der Waals surface area contributed by atoms with Crippen LogP contribution in [0.4, 0.5) is 0 Å². The third-order valence-corrected chi connectivity index (χ3v) is 9.94. The second kappa shape index (κ2) is 11.5. The van der Waals surface area contributed by atoms with E-state index in [9.17, 15) is 0 Å². The van der Waals surface area contributed by atoms with E-state index in [1.807, 2.05) is 12.1 Å². The Morgan fingerprint density at radius 2 is 0.878 bits per heavy atom. The molecule has 0 radical (unpaired) electrons. The van der Waals surface area contributed by atoms with E-state index < -0.39 is 0 Å². The van der Waals surface area contributed by atoms with Crippen molar-refractivity contribution in [2.24, 2.45) is 0 Å². The van der Waals surface area contributed by atoms with E-state index in [0.717, 1.165) is 33.4 Å². The van der Waals surface area contributed by atoms with E-state index in [-0.39, 0.29) is 5.41 Å². The van der Waals surface area contributed by atoms with Gasteiger partial charge in [0.25, 0.3) is 0 Å². The molecule has 1 aliphatic carbocycles. The highest BCUT2D eigenvalue weighted by Gasteiger charge is 2.36. The summed E-state index contributed by atoms with van der Waals surface area (Å²) in [5, 5.41) is 2.55. The Bertz CT molecular complexity index is 2500. The number of fused-ring (bicyclic) bond motifs is 5. The van der Waals surface area contributed by atoms with Crippen molar-refractivity contribution in [3.05, 3.63) is 175 Å². The fraction of sp³-hybridized carbons (Fsp3) is 0.0652. The Labute approximate surface area is 286 Å². The van der Waals surface area contributed by atoms with Gasteiger partial charge in [0.05, 0.1) is 0 Å². The fourth-order valence-electron chi connectivity index (χ4n) is 7.32. The number of aromatic nitrogens is 3. The Morgan fingerprint density at radius 3 is 1.59 bits per heavy atom. The van der Waals surface area contributed by atoms with Crippen molar-refractivity contribution in [1.82, 2.24) is 15.0 Å². The van der Waals surface area contributed by atoms with Crippen molar-refractivity contribution in [3.63, 3.8) is 0 Å². The van der Waals surface area contributed by atoms with Crippen LogP contribution in [-0.4, -0.2) is 15.0 Å². The van der Waals surface area contributed by atoms with Gasteiger partial charge in [0.1, 0.15) is 0 Å². The minimum Gasteiger partial charge on any atom is -0.208 e. The summed E-state index contributed by atoms with van der Waals surface area (Å²) in [5.74, 6) is 1.97. The predicted molar refractivity (Wildman–Crippen MR) is 202 cm³/mol. The molecule has 0 saturated carbocycles. The second-order valence-corrected chi connectivity index (χ2v) is 13.3. The molecule has 0 N–H and O–H groups in total. The Balaban J connectivity index is 1.19. The number of hydrogen-bond acceptors (Lipinski definition) is 3. The number of hydrogen-bond donors (Lipinski definition) is 0. The molecule has 0 aliphatic heterocycles. The normalized spacial score (nSPS) is 12.9. The molecule has 3 heteroatoms. The van der Waals surface area contributed by atoms with Crippen LogP contribution in [0.3, 0.4) is 0 Å². The molecule has 3 nitrogen and oxygen atoms in total.